The first-order chi connectivity index (χ1) is 13.8. The monoisotopic (exact) mass is 403 g/mol. The van der Waals surface area contributed by atoms with E-state index in [0.717, 1.165) is 12.8 Å². The highest BCUT2D eigenvalue weighted by molar-refractivity contribution is 5.98. The van der Waals surface area contributed by atoms with Gasteiger partial charge in [-0.2, -0.15) is 0 Å². The number of Topliss-reactive ketones (excluding diaryl/α,β-unsaturated/α-hetero) is 1. The number of rotatable bonds is 9. The molecule has 1 saturated carbocycles. The molecule has 1 aliphatic rings. The maximum absolute atomic E-state index is 12.5. The van der Waals surface area contributed by atoms with Crippen LogP contribution in [0.5, 0.6) is 0 Å². The second-order valence-corrected chi connectivity index (χ2v) is 6.87. The second kappa shape index (κ2) is 10.2. The van der Waals surface area contributed by atoms with Crippen LogP contribution < -0.4 is 22.1 Å². The van der Waals surface area contributed by atoms with Gasteiger partial charge in [-0.3, -0.25) is 19.2 Å². The van der Waals surface area contributed by atoms with Gasteiger partial charge >= 0.3 is 5.97 Å². The summed E-state index contributed by atoms with van der Waals surface area (Å²) in [4.78, 5) is 51.8. The number of carbonyl (C=O) groups is 4. The van der Waals surface area contributed by atoms with Crippen LogP contribution in [0.15, 0.2) is 29.3 Å². The van der Waals surface area contributed by atoms with E-state index in [-0.39, 0.29) is 23.2 Å². The molecule has 2 rings (SSSR count). The molecule has 0 aromatic heterocycles. The number of nitrogens with zero attached hydrogens (tertiary/aromatic N) is 1. The molecule has 0 bridgehead atoms. The Labute approximate surface area is 167 Å². The lowest BCUT2D eigenvalue weighted by atomic mass is 9.94. The molecule has 7 N–H and O–H groups in total. The predicted molar refractivity (Wildman–Crippen MR) is 105 cm³/mol. The van der Waals surface area contributed by atoms with Crippen molar-refractivity contribution in [2.75, 3.05) is 6.54 Å². The smallest absolute Gasteiger partial charge is 0.305 e. The zero-order valence-electron chi connectivity index (χ0n) is 15.9. The van der Waals surface area contributed by atoms with E-state index < -0.39 is 36.8 Å². The number of benzene rings is 1. The molecule has 0 aliphatic heterocycles. The largest absolute Gasteiger partial charge is 0.481 e. The molecule has 2 amide bonds. The van der Waals surface area contributed by atoms with Crippen molar-refractivity contribution in [3.8, 4) is 0 Å². The molecule has 1 atom stereocenters. The topological polar surface area (TPSA) is 177 Å². The normalized spacial score (nSPS) is 14.6. The van der Waals surface area contributed by atoms with Gasteiger partial charge < -0.3 is 27.2 Å². The second-order valence-electron chi connectivity index (χ2n) is 6.87. The number of aliphatic imine (C=N–C) groups is 1. The average Bonchev–Trinajstić information content (AvgIpc) is 3.19. The van der Waals surface area contributed by atoms with Gasteiger partial charge in [0.15, 0.2) is 11.7 Å². The van der Waals surface area contributed by atoms with Crippen LogP contribution in [0.25, 0.3) is 0 Å². The van der Waals surface area contributed by atoms with Crippen molar-refractivity contribution in [1.29, 1.82) is 0 Å². The number of carboxylic acids is 1. The molecule has 1 aliphatic carbocycles. The first-order valence-corrected chi connectivity index (χ1v) is 9.29. The first-order valence-electron chi connectivity index (χ1n) is 9.29. The van der Waals surface area contributed by atoms with E-state index in [4.69, 9.17) is 16.6 Å². The highest BCUT2D eigenvalue weighted by atomic mass is 16.4. The molecule has 156 valence electrons. The lowest BCUT2D eigenvalue weighted by Gasteiger charge is -2.19. The lowest BCUT2D eigenvalue weighted by Crippen LogP contribution is -2.48. The summed E-state index contributed by atoms with van der Waals surface area (Å²) in [5.74, 6) is -3.01. The highest BCUT2D eigenvalue weighted by Gasteiger charge is 2.31. The van der Waals surface area contributed by atoms with Gasteiger partial charge in [0.25, 0.3) is 5.91 Å². The van der Waals surface area contributed by atoms with E-state index in [2.05, 4.69) is 15.6 Å². The van der Waals surface area contributed by atoms with Crippen LogP contribution in [0.4, 0.5) is 5.69 Å². The quantitative estimate of drug-likeness (QED) is 0.285. The minimum Gasteiger partial charge on any atom is -0.481 e. The number of hydrogen-bond acceptors (Lipinski definition) is 5. The van der Waals surface area contributed by atoms with Gasteiger partial charge in [0.2, 0.25) is 5.91 Å². The number of ketones is 1. The van der Waals surface area contributed by atoms with Crippen LogP contribution in [0, 0.1) is 5.92 Å². The van der Waals surface area contributed by atoms with Crippen LogP contribution in [-0.4, -0.2) is 47.2 Å². The number of nitrogens with two attached hydrogens (primary N) is 2. The summed E-state index contributed by atoms with van der Waals surface area (Å²) >= 11 is 0. The van der Waals surface area contributed by atoms with Gasteiger partial charge in [-0.1, -0.05) is 18.9 Å². The molecule has 0 spiro atoms. The summed E-state index contributed by atoms with van der Waals surface area (Å²) in [6.45, 7) is -0.403. The Morgan fingerprint density at radius 1 is 1.17 bits per heavy atom. The molecular formula is C19H25N5O5. The Hall–Kier alpha value is -3.43. The number of hydrogen-bond donors (Lipinski definition) is 5. The van der Waals surface area contributed by atoms with Gasteiger partial charge in [-0.15, -0.1) is 0 Å². The van der Waals surface area contributed by atoms with Gasteiger partial charge in [0, 0.05) is 11.5 Å². The summed E-state index contributed by atoms with van der Waals surface area (Å²) in [6.07, 6.45) is 2.75. The Balaban J connectivity index is 1.94. The summed E-state index contributed by atoms with van der Waals surface area (Å²) in [6, 6.07) is 5.05. The minimum atomic E-state index is -1.18. The van der Waals surface area contributed by atoms with Crippen molar-refractivity contribution in [3.05, 3.63) is 29.8 Å². The number of nitrogens with one attached hydrogen (secondary N) is 2. The van der Waals surface area contributed by atoms with Crippen molar-refractivity contribution in [2.45, 2.75) is 38.1 Å². The number of guanidine groups is 1. The number of carbonyl (C=O) groups excluding carboxylic acids is 3. The third-order valence-electron chi connectivity index (χ3n) is 4.59. The molecule has 29 heavy (non-hydrogen) atoms. The van der Waals surface area contributed by atoms with Crippen LogP contribution in [-0.2, 0) is 14.4 Å². The molecule has 1 aromatic carbocycles. The molecule has 10 nitrogen and oxygen atoms in total. The standard InChI is InChI=1S/C19H25N5O5/c20-19(21)23-13-7-3-6-12(8-13)18(29)22-10-15(25)24-14(9-16(26)27)17(28)11-4-1-2-5-11/h3,6-8,11,14H,1-2,4-5,9-10H2,(H,22,29)(H,24,25)(H,26,27)(H4,20,21,23). The first kappa shape index (κ1) is 21.9. The fraction of sp³-hybridized carbons (Fsp3) is 0.421. The highest BCUT2D eigenvalue weighted by Crippen LogP contribution is 2.27. The van der Waals surface area contributed by atoms with Crippen LogP contribution in [0.2, 0.25) is 0 Å². The third-order valence-corrected chi connectivity index (χ3v) is 4.59. The van der Waals surface area contributed by atoms with Gasteiger partial charge in [-0.05, 0) is 31.0 Å². The average molecular weight is 403 g/mol. The van der Waals surface area contributed by atoms with Crippen molar-refractivity contribution < 1.29 is 24.3 Å². The van der Waals surface area contributed by atoms with Crippen LogP contribution >= 0.6 is 0 Å². The Morgan fingerprint density at radius 2 is 1.86 bits per heavy atom. The Morgan fingerprint density at radius 3 is 2.48 bits per heavy atom. The summed E-state index contributed by atoms with van der Waals surface area (Å²) < 4.78 is 0. The maximum Gasteiger partial charge on any atom is 0.305 e. The molecule has 1 unspecified atom stereocenters. The molecular weight excluding hydrogens is 378 g/mol. The molecule has 0 radical (unpaired) electrons. The third kappa shape index (κ3) is 6.91. The molecule has 10 heteroatoms. The SMILES string of the molecule is NC(N)=Nc1cccc(C(=O)NCC(=O)NC(CC(=O)O)C(=O)C2CCCC2)c1. The molecule has 0 saturated heterocycles. The van der Waals surface area contributed by atoms with Crippen molar-refractivity contribution in [1.82, 2.24) is 10.6 Å². The van der Waals surface area contributed by atoms with Crippen LogP contribution in [0.3, 0.4) is 0 Å². The van der Waals surface area contributed by atoms with E-state index in [1.807, 2.05) is 0 Å². The summed E-state index contributed by atoms with van der Waals surface area (Å²) in [5.41, 5.74) is 11.2. The van der Waals surface area contributed by atoms with Crippen molar-refractivity contribution in [2.24, 2.45) is 22.4 Å². The van der Waals surface area contributed by atoms with Gasteiger partial charge in [0.1, 0.15) is 0 Å². The maximum atomic E-state index is 12.5. The van der Waals surface area contributed by atoms with E-state index in [0.29, 0.717) is 18.5 Å². The molecule has 1 aromatic rings. The number of amides is 2. The van der Waals surface area contributed by atoms with Crippen LogP contribution in [0.1, 0.15) is 42.5 Å². The summed E-state index contributed by atoms with van der Waals surface area (Å²) in [5, 5.41) is 13.9. The zero-order chi connectivity index (χ0) is 21.4. The number of aliphatic carboxylic acids is 1. The van der Waals surface area contributed by atoms with E-state index in [1.165, 1.54) is 12.1 Å². The summed E-state index contributed by atoms with van der Waals surface area (Å²) in [7, 11) is 0. The van der Waals surface area contributed by atoms with Crippen molar-refractivity contribution >= 4 is 35.2 Å². The zero-order valence-corrected chi connectivity index (χ0v) is 15.9. The minimum absolute atomic E-state index is 0.154. The fourth-order valence-electron chi connectivity index (χ4n) is 3.27. The lowest BCUT2D eigenvalue weighted by molar-refractivity contribution is -0.140. The van der Waals surface area contributed by atoms with Gasteiger partial charge in [0.05, 0.1) is 24.7 Å². The molecule has 1 fully saturated rings. The predicted octanol–water partition coefficient (Wildman–Crippen LogP) is 0.0401. The number of carboxylic acid groups (broad SMARTS) is 1. The van der Waals surface area contributed by atoms with Gasteiger partial charge in [-0.25, -0.2) is 4.99 Å². The Kier molecular flexibility index (Phi) is 7.70. The van der Waals surface area contributed by atoms with Crippen molar-refractivity contribution in [3.63, 3.8) is 0 Å². The van der Waals surface area contributed by atoms with E-state index in [1.54, 1.807) is 12.1 Å². The molecule has 0 heterocycles. The Bertz CT molecular complexity index is 813. The fourth-order valence-corrected chi connectivity index (χ4v) is 3.27. The van der Waals surface area contributed by atoms with E-state index in [9.17, 15) is 19.2 Å². The van der Waals surface area contributed by atoms with E-state index >= 15 is 0 Å².